The van der Waals surface area contributed by atoms with E-state index < -0.39 is 0 Å². The molecule has 2 rings (SSSR count). The molecule has 0 saturated heterocycles. The van der Waals surface area contributed by atoms with E-state index in [4.69, 9.17) is 5.11 Å². The first-order chi connectivity index (χ1) is 9.52. The van der Waals surface area contributed by atoms with E-state index >= 15 is 0 Å². The van der Waals surface area contributed by atoms with Gasteiger partial charge in [-0.05, 0) is 31.9 Å². The molecule has 2 aromatic rings. The van der Waals surface area contributed by atoms with Crippen molar-refractivity contribution in [3.05, 3.63) is 41.6 Å². The second kappa shape index (κ2) is 6.01. The van der Waals surface area contributed by atoms with E-state index in [1.54, 1.807) is 6.07 Å². The van der Waals surface area contributed by atoms with Gasteiger partial charge >= 0.3 is 0 Å². The van der Waals surface area contributed by atoms with Gasteiger partial charge in [-0.2, -0.15) is 0 Å². The van der Waals surface area contributed by atoms with Crippen molar-refractivity contribution >= 4 is 16.8 Å². The third kappa shape index (κ3) is 2.96. The number of rotatable bonds is 4. The second-order valence-electron chi connectivity index (χ2n) is 5.25. The summed E-state index contributed by atoms with van der Waals surface area (Å²) in [6.07, 6.45) is 0. The highest BCUT2D eigenvalue weighted by molar-refractivity contribution is 6.06. The average molecular weight is 272 g/mol. The minimum atomic E-state index is -0.125. The molecular formula is C16H20N2O2. The van der Waals surface area contributed by atoms with E-state index in [1.165, 1.54) is 0 Å². The minimum Gasteiger partial charge on any atom is -0.396 e. The Kier molecular flexibility index (Phi) is 4.35. The fourth-order valence-corrected chi connectivity index (χ4v) is 2.08. The summed E-state index contributed by atoms with van der Waals surface area (Å²) in [5.74, 6) is -0.104. The molecule has 0 spiro atoms. The number of nitrogens with zero attached hydrogens (tertiary/aromatic N) is 1. The fraction of sp³-hybridized carbons (Fsp3) is 0.375. The molecule has 2 atom stereocenters. The molecule has 0 aliphatic carbocycles. The number of para-hydroxylation sites is 1. The monoisotopic (exact) mass is 272 g/mol. The lowest BCUT2D eigenvalue weighted by Gasteiger charge is -2.19. The Bertz CT molecular complexity index is 625. The number of amides is 1. The molecular weight excluding hydrogens is 252 g/mol. The van der Waals surface area contributed by atoms with Crippen LogP contribution in [-0.2, 0) is 0 Å². The van der Waals surface area contributed by atoms with Crippen LogP contribution in [0.1, 0.15) is 29.9 Å². The number of nitrogens with one attached hydrogen (secondary N) is 1. The largest absolute Gasteiger partial charge is 0.396 e. The molecule has 0 bridgehead atoms. The predicted octanol–water partition coefficient (Wildman–Crippen LogP) is 2.29. The zero-order valence-electron chi connectivity index (χ0n) is 12.1. The number of aryl methyl sites for hydroxylation is 1. The van der Waals surface area contributed by atoms with E-state index in [-0.39, 0.29) is 24.5 Å². The van der Waals surface area contributed by atoms with Crippen molar-refractivity contribution in [2.24, 2.45) is 5.92 Å². The standard InChI is InChI=1S/C16H20N2O2/c1-10(9-19)12(3)18-16(20)14-8-11(2)17-15-7-5-4-6-13(14)15/h4-8,10,12,19H,9H2,1-3H3,(H,18,20). The van der Waals surface area contributed by atoms with Crippen molar-refractivity contribution in [3.8, 4) is 0 Å². The molecule has 20 heavy (non-hydrogen) atoms. The van der Waals surface area contributed by atoms with Crippen LogP contribution in [-0.4, -0.2) is 28.6 Å². The van der Waals surface area contributed by atoms with Crippen LogP contribution >= 0.6 is 0 Å². The predicted molar refractivity (Wildman–Crippen MR) is 79.7 cm³/mol. The molecule has 0 radical (unpaired) electrons. The van der Waals surface area contributed by atoms with Crippen LogP contribution < -0.4 is 5.32 Å². The van der Waals surface area contributed by atoms with Crippen LogP contribution in [0.2, 0.25) is 0 Å². The highest BCUT2D eigenvalue weighted by atomic mass is 16.3. The number of hydrogen-bond acceptors (Lipinski definition) is 3. The molecule has 1 aromatic carbocycles. The second-order valence-corrected chi connectivity index (χ2v) is 5.25. The summed E-state index contributed by atoms with van der Waals surface area (Å²) in [4.78, 5) is 16.9. The Balaban J connectivity index is 2.35. The normalized spacial score (nSPS) is 14.0. The fourth-order valence-electron chi connectivity index (χ4n) is 2.08. The summed E-state index contributed by atoms with van der Waals surface area (Å²) >= 11 is 0. The molecule has 4 heteroatoms. The Morgan fingerprint density at radius 3 is 2.75 bits per heavy atom. The summed E-state index contributed by atoms with van der Waals surface area (Å²) in [6.45, 7) is 5.73. The number of hydrogen-bond donors (Lipinski definition) is 2. The van der Waals surface area contributed by atoms with E-state index in [0.29, 0.717) is 5.56 Å². The SMILES string of the molecule is Cc1cc(C(=O)NC(C)C(C)CO)c2ccccc2n1. The molecule has 1 aromatic heterocycles. The van der Waals surface area contributed by atoms with Crippen molar-refractivity contribution < 1.29 is 9.90 Å². The minimum absolute atomic E-state index is 0.0214. The lowest BCUT2D eigenvalue weighted by molar-refractivity contribution is 0.0918. The zero-order valence-corrected chi connectivity index (χ0v) is 12.1. The molecule has 1 amide bonds. The van der Waals surface area contributed by atoms with Crippen LogP contribution in [0, 0.1) is 12.8 Å². The Morgan fingerprint density at radius 1 is 1.35 bits per heavy atom. The highest BCUT2D eigenvalue weighted by Crippen LogP contribution is 2.18. The Morgan fingerprint density at radius 2 is 2.05 bits per heavy atom. The van der Waals surface area contributed by atoms with Gasteiger partial charge in [-0.25, -0.2) is 0 Å². The van der Waals surface area contributed by atoms with Gasteiger partial charge in [0.25, 0.3) is 5.91 Å². The molecule has 2 unspecified atom stereocenters. The maximum absolute atomic E-state index is 12.4. The number of aliphatic hydroxyl groups is 1. The van der Waals surface area contributed by atoms with Gasteiger partial charge in [0.1, 0.15) is 0 Å². The zero-order chi connectivity index (χ0) is 14.7. The van der Waals surface area contributed by atoms with Gasteiger partial charge in [-0.1, -0.05) is 25.1 Å². The number of aromatic nitrogens is 1. The van der Waals surface area contributed by atoms with Crippen LogP contribution in [0.4, 0.5) is 0 Å². The first kappa shape index (κ1) is 14.5. The summed E-state index contributed by atoms with van der Waals surface area (Å²) in [5, 5.41) is 12.9. The van der Waals surface area contributed by atoms with Gasteiger partial charge in [0.2, 0.25) is 0 Å². The summed E-state index contributed by atoms with van der Waals surface area (Å²) in [5.41, 5.74) is 2.27. The third-order valence-electron chi connectivity index (χ3n) is 3.59. The van der Waals surface area contributed by atoms with E-state index in [1.807, 2.05) is 45.0 Å². The molecule has 0 fully saturated rings. The lowest BCUT2D eigenvalue weighted by Crippen LogP contribution is -2.38. The van der Waals surface area contributed by atoms with Gasteiger partial charge in [-0.3, -0.25) is 9.78 Å². The molecule has 1 heterocycles. The van der Waals surface area contributed by atoms with Crippen molar-refractivity contribution in [1.82, 2.24) is 10.3 Å². The number of pyridine rings is 1. The van der Waals surface area contributed by atoms with E-state index in [2.05, 4.69) is 10.3 Å². The maximum Gasteiger partial charge on any atom is 0.252 e. The third-order valence-corrected chi connectivity index (χ3v) is 3.59. The quantitative estimate of drug-likeness (QED) is 0.897. The number of fused-ring (bicyclic) bond motifs is 1. The van der Waals surface area contributed by atoms with Gasteiger partial charge in [0.05, 0.1) is 11.1 Å². The number of carbonyl (C=O) groups is 1. The lowest BCUT2D eigenvalue weighted by atomic mass is 10.0. The van der Waals surface area contributed by atoms with Gasteiger partial charge in [0.15, 0.2) is 0 Å². The molecule has 4 nitrogen and oxygen atoms in total. The summed E-state index contributed by atoms with van der Waals surface area (Å²) < 4.78 is 0. The van der Waals surface area contributed by atoms with E-state index in [0.717, 1.165) is 16.6 Å². The summed E-state index contributed by atoms with van der Waals surface area (Å²) in [6, 6.07) is 9.33. The highest BCUT2D eigenvalue weighted by Gasteiger charge is 2.17. The van der Waals surface area contributed by atoms with Crippen LogP contribution in [0.5, 0.6) is 0 Å². The topological polar surface area (TPSA) is 62.2 Å². The molecule has 106 valence electrons. The maximum atomic E-state index is 12.4. The van der Waals surface area contributed by atoms with Gasteiger partial charge < -0.3 is 10.4 Å². The molecule has 0 aliphatic rings. The first-order valence-corrected chi connectivity index (χ1v) is 6.81. The van der Waals surface area contributed by atoms with E-state index in [9.17, 15) is 4.79 Å². The number of benzene rings is 1. The van der Waals surface area contributed by atoms with Crippen molar-refractivity contribution in [1.29, 1.82) is 0 Å². The van der Waals surface area contributed by atoms with Crippen molar-refractivity contribution in [2.45, 2.75) is 26.8 Å². The Labute approximate surface area is 118 Å². The average Bonchev–Trinajstić information content (AvgIpc) is 2.45. The van der Waals surface area contributed by atoms with Crippen molar-refractivity contribution in [3.63, 3.8) is 0 Å². The van der Waals surface area contributed by atoms with Crippen LogP contribution in [0.25, 0.3) is 10.9 Å². The number of carbonyl (C=O) groups excluding carboxylic acids is 1. The smallest absolute Gasteiger partial charge is 0.252 e. The molecule has 0 aliphatic heterocycles. The first-order valence-electron chi connectivity index (χ1n) is 6.81. The molecule has 0 saturated carbocycles. The van der Waals surface area contributed by atoms with Crippen molar-refractivity contribution in [2.75, 3.05) is 6.61 Å². The Hall–Kier alpha value is -1.94. The number of aliphatic hydroxyl groups excluding tert-OH is 1. The molecule has 2 N–H and O–H groups in total. The summed E-state index contributed by atoms with van der Waals surface area (Å²) in [7, 11) is 0. The van der Waals surface area contributed by atoms with Crippen LogP contribution in [0.3, 0.4) is 0 Å². The van der Waals surface area contributed by atoms with Crippen LogP contribution in [0.15, 0.2) is 30.3 Å². The van der Waals surface area contributed by atoms with Gasteiger partial charge in [-0.15, -0.1) is 0 Å². The van der Waals surface area contributed by atoms with Gasteiger partial charge in [0, 0.05) is 23.7 Å².